The molecule has 1 aromatic carbocycles. The van der Waals surface area contributed by atoms with Crippen LogP contribution < -0.4 is 4.74 Å². The van der Waals surface area contributed by atoms with Crippen LogP contribution >= 0.6 is 11.6 Å². The van der Waals surface area contributed by atoms with Crippen molar-refractivity contribution in [3.63, 3.8) is 0 Å². The maximum absolute atomic E-state index is 8.95. The van der Waals surface area contributed by atoms with Crippen molar-refractivity contribution in [2.75, 3.05) is 6.61 Å². The van der Waals surface area contributed by atoms with Gasteiger partial charge in [-0.05, 0) is 18.1 Å². The van der Waals surface area contributed by atoms with Crippen molar-refractivity contribution in [3.8, 4) is 11.6 Å². The maximum atomic E-state index is 8.95. The number of nitrogens with zero attached hydrogens (tertiary/aromatic N) is 2. The van der Waals surface area contributed by atoms with Crippen molar-refractivity contribution >= 4 is 11.6 Å². The maximum Gasteiger partial charge on any atom is 0.223 e. The summed E-state index contributed by atoms with van der Waals surface area (Å²) in [5.74, 6) is 1.05. The van der Waals surface area contributed by atoms with Crippen LogP contribution in [0.4, 0.5) is 0 Å². The molecule has 1 aromatic heterocycles. The number of aliphatic hydroxyl groups is 1. The van der Waals surface area contributed by atoms with E-state index < -0.39 is 0 Å². The number of hydrogen-bond acceptors (Lipinski definition) is 4. The third-order valence-electron chi connectivity index (χ3n) is 2.18. The van der Waals surface area contributed by atoms with Crippen molar-refractivity contribution in [2.24, 2.45) is 0 Å². The van der Waals surface area contributed by atoms with E-state index in [2.05, 4.69) is 9.97 Å². The lowest BCUT2D eigenvalue weighted by Crippen LogP contribution is -1.96. The van der Waals surface area contributed by atoms with Crippen LogP contribution in [0.5, 0.6) is 11.6 Å². The summed E-state index contributed by atoms with van der Waals surface area (Å²) in [5.41, 5.74) is 0.921. The lowest BCUT2D eigenvalue weighted by Gasteiger charge is -2.09. The molecular formula is C12H11ClN2O2. The molecule has 0 bridgehead atoms. The van der Waals surface area contributed by atoms with E-state index >= 15 is 0 Å². The molecule has 0 atom stereocenters. The van der Waals surface area contributed by atoms with Gasteiger partial charge < -0.3 is 9.84 Å². The van der Waals surface area contributed by atoms with E-state index in [1.165, 1.54) is 12.4 Å². The summed E-state index contributed by atoms with van der Waals surface area (Å²) in [4.78, 5) is 7.73. The Balaban J connectivity index is 2.23. The lowest BCUT2D eigenvalue weighted by atomic mass is 10.1. The number of para-hydroxylation sites is 1. The number of aromatic nitrogens is 2. The fourth-order valence-electron chi connectivity index (χ4n) is 1.42. The Morgan fingerprint density at radius 1 is 1.24 bits per heavy atom. The molecule has 0 saturated heterocycles. The molecule has 0 unspecified atom stereocenters. The summed E-state index contributed by atoms with van der Waals surface area (Å²) >= 11 is 5.74. The second kappa shape index (κ2) is 5.61. The third kappa shape index (κ3) is 3.15. The van der Waals surface area contributed by atoms with Gasteiger partial charge in [0, 0.05) is 12.7 Å². The van der Waals surface area contributed by atoms with Crippen LogP contribution in [-0.4, -0.2) is 21.7 Å². The molecule has 0 radical (unpaired) electrons. The molecule has 17 heavy (non-hydrogen) atoms. The van der Waals surface area contributed by atoms with E-state index in [0.29, 0.717) is 23.2 Å². The fourth-order valence-corrected chi connectivity index (χ4v) is 1.55. The van der Waals surface area contributed by atoms with Crippen LogP contribution in [-0.2, 0) is 6.42 Å². The third-order valence-corrected chi connectivity index (χ3v) is 2.38. The monoisotopic (exact) mass is 250 g/mol. The highest BCUT2D eigenvalue weighted by atomic mass is 35.5. The van der Waals surface area contributed by atoms with E-state index in [1.54, 1.807) is 0 Å². The second-order valence-corrected chi connectivity index (χ2v) is 3.75. The standard InChI is InChI=1S/C12H11ClN2O2/c13-11-7-12(15-8-14-11)17-10-4-2-1-3-9(10)5-6-16/h1-4,7-8,16H,5-6H2. The van der Waals surface area contributed by atoms with Crippen LogP contribution in [0.3, 0.4) is 0 Å². The average molecular weight is 251 g/mol. The second-order valence-electron chi connectivity index (χ2n) is 3.36. The molecule has 1 heterocycles. The zero-order valence-corrected chi connectivity index (χ0v) is 9.76. The number of hydrogen-bond donors (Lipinski definition) is 1. The number of rotatable bonds is 4. The first kappa shape index (κ1) is 11.8. The molecule has 0 saturated carbocycles. The molecule has 4 nitrogen and oxygen atoms in total. The van der Waals surface area contributed by atoms with E-state index in [9.17, 15) is 0 Å². The molecule has 0 aliphatic heterocycles. The quantitative estimate of drug-likeness (QED) is 0.847. The van der Waals surface area contributed by atoms with Gasteiger partial charge in [-0.15, -0.1) is 0 Å². The number of ether oxygens (including phenoxy) is 1. The zero-order chi connectivity index (χ0) is 12.1. The summed E-state index contributed by atoms with van der Waals surface area (Å²) in [6.45, 7) is 0.0743. The fraction of sp³-hybridized carbons (Fsp3) is 0.167. The van der Waals surface area contributed by atoms with Gasteiger partial charge in [0.25, 0.3) is 0 Å². The predicted octanol–water partition coefficient (Wildman–Crippen LogP) is 2.46. The highest BCUT2D eigenvalue weighted by Gasteiger charge is 2.05. The van der Waals surface area contributed by atoms with Gasteiger partial charge in [-0.1, -0.05) is 29.8 Å². The SMILES string of the molecule is OCCc1ccccc1Oc1cc(Cl)ncn1. The smallest absolute Gasteiger partial charge is 0.223 e. The van der Waals surface area contributed by atoms with Gasteiger partial charge in [0.05, 0.1) is 0 Å². The van der Waals surface area contributed by atoms with E-state index in [0.717, 1.165) is 5.56 Å². The van der Waals surface area contributed by atoms with Gasteiger partial charge in [0.1, 0.15) is 17.2 Å². The molecule has 0 spiro atoms. The molecule has 0 aliphatic carbocycles. The molecule has 5 heteroatoms. The molecule has 0 aliphatic rings. The molecule has 1 N–H and O–H groups in total. The minimum atomic E-state index is 0.0743. The van der Waals surface area contributed by atoms with Crippen LogP contribution in [0.2, 0.25) is 5.15 Å². The van der Waals surface area contributed by atoms with Crippen LogP contribution in [0.25, 0.3) is 0 Å². The van der Waals surface area contributed by atoms with Crippen molar-refractivity contribution < 1.29 is 9.84 Å². The molecule has 88 valence electrons. The number of benzene rings is 1. The van der Waals surface area contributed by atoms with E-state index in [1.807, 2.05) is 24.3 Å². The van der Waals surface area contributed by atoms with Crippen molar-refractivity contribution in [1.82, 2.24) is 9.97 Å². The predicted molar refractivity (Wildman–Crippen MR) is 64.3 cm³/mol. The zero-order valence-electron chi connectivity index (χ0n) is 9.01. The Hall–Kier alpha value is -1.65. The molecule has 0 amide bonds. The van der Waals surface area contributed by atoms with Crippen molar-refractivity contribution in [3.05, 3.63) is 47.4 Å². The largest absolute Gasteiger partial charge is 0.439 e. The highest BCUT2D eigenvalue weighted by Crippen LogP contribution is 2.24. The molecule has 2 aromatic rings. The van der Waals surface area contributed by atoms with Gasteiger partial charge in [-0.3, -0.25) is 0 Å². The number of halogens is 1. The van der Waals surface area contributed by atoms with Crippen LogP contribution in [0.15, 0.2) is 36.7 Å². The normalized spacial score (nSPS) is 10.2. The number of aliphatic hydroxyl groups excluding tert-OH is 1. The van der Waals surface area contributed by atoms with Gasteiger partial charge in [0.15, 0.2) is 0 Å². The van der Waals surface area contributed by atoms with Crippen molar-refractivity contribution in [1.29, 1.82) is 0 Å². The summed E-state index contributed by atoms with van der Waals surface area (Å²) in [5, 5.41) is 9.28. The highest BCUT2D eigenvalue weighted by molar-refractivity contribution is 6.29. The Morgan fingerprint density at radius 3 is 2.82 bits per heavy atom. The average Bonchev–Trinajstić information content (AvgIpc) is 2.32. The molecule has 2 rings (SSSR count). The van der Waals surface area contributed by atoms with E-state index in [-0.39, 0.29) is 6.61 Å². The first-order valence-electron chi connectivity index (χ1n) is 5.14. The Kier molecular flexibility index (Phi) is 3.90. The van der Waals surface area contributed by atoms with Gasteiger partial charge in [-0.25, -0.2) is 9.97 Å². The molecule has 0 fully saturated rings. The van der Waals surface area contributed by atoms with Gasteiger partial charge >= 0.3 is 0 Å². The Bertz CT molecular complexity index is 505. The van der Waals surface area contributed by atoms with Crippen LogP contribution in [0.1, 0.15) is 5.56 Å². The first-order valence-corrected chi connectivity index (χ1v) is 5.51. The Labute approximate surface area is 104 Å². The lowest BCUT2D eigenvalue weighted by molar-refractivity contribution is 0.297. The van der Waals surface area contributed by atoms with Gasteiger partial charge in [0.2, 0.25) is 5.88 Å². The minimum Gasteiger partial charge on any atom is -0.439 e. The van der Waals surface area contributed by atoms with Crippen molar-refractivity contribution in [2.45, 2.75) is 6.42 Å². The summed E-state index contributed by atoms with van der Waals surface area (Å²) in [7, 11) is 0. The first-order chi connectivity index (χ1) is 8.29. The van der Waals surface area contributed by atoms with E-state index in [4.69, 9.17) is 21.4 Å². The summed E-state index contributed by atoms with van der Waals surface area (Å²) in [6.07, 6.45) is 1.88. The topological polar surface area (TPSA) is 55.2 Å². The summed E-state index contributed by atoms with van der Waals surface area (Å²) in [6, 6.07) is 9.01. The molecular weight excluding hydrogens is 240 g/mol. The Morgan fingerprint density at radius 2 is 2.06 bits per heavy atom. The summed E-state index contributed by atoms with van der Waals surface area (Å²) < 4.78 is 5.60. The van der Waals surface area contributed by atoms with Gasteiger partial charge in [-0.2, -0.15) is 0 Å². The van der Waals surface area contributed by atoms with Crippen LogP contribution in [0, 0.1) is 0 Å². The minimum absolute atomic E-state index is 0.0743.